The number of unbranched alkanes of at least 4 members (excludes halogenated alkanes) is 29. The Balaban J connectivity index is 2.34. The van der Waals surface area contributed by atoms with Gasteiger partial charge in [0, 0.05) is 32.9 Å². The molecular formula is C59H111N2O14P. The fourth-order valence-electron chi connectivity index (χ4n) is 9.10. The first kappa shape index (κ1) is 71.8. The van der Waals surface area contributed by atoms with Gasteiger partial charge in [-0.15, -0.1) is 0 Å². The van der Waals surface area contributed by atoms with Crippen molar-refractivity contribution in [3.63, 3.8) is 0 Å². The van der Waals surface area contributed by atoms with Gasteiger partial charge in [-0.3, -0.25) is 23.4 Å². The van der Waals surface area contributed by atoms with E-state index >= 15 is 0 Å². The Morgan fingerprint density at radius 2 is 1.03 bits per heavy atom. The molecule has 1 aliphatic rings. The van der Waals surface area contributed by atoms with E-state index in [2.05, 4.69) is 48.8 Å². The number of aliphatic hydroxyl groups is 3. The second-order valence-corrected chi connectivity index (χ2v) is 22.4. The van der Waals surface area contributed by atoms with Crippen LogP contribution in [0.4, 0.5) is 0 Å². The third kappa shape index (κ3) is 42.7. The predicted molar refractivity (Wildman–Crippen MR) is 303 cm³/mol. The van der Waals surface area contributed by atoms with Gasteiger partial charge in [0.15, 0.2) is 12.4 Å². The summed E-state index contributed by atoms with van der Waals surface area (Å²) in [5.74, 6) is -1.26. The van der Waals surface area contributed by atoms with Crippen molar-refractivity contribution in [1.82, 2.24) is 10.6 Å². The average molecular weight is 1100 g/mol. The first-order valence-corrected chi connectivity index (χ1v) is 31.9. The van der Waals surface area contributed by atoms with E-state index in [1.807, 2.05) is 0 Å². The molecule has 446 valence electrons. The van der Waals surface area contributed by atoms with Crippen LogP contribution in [0.3, 0.4) is 0 Å². The lowest BCUT2D eigenvalue weighted by atomic mass is 9.97. The van der Waals surface area contributed by atoms with Gasteiger partial charge < -0.3 is 49.8 Å². The van der Waals surface area contributed by atoms with Crippen LogP contribution in [0.2, 0.25) is 0 Å². The molecule has 7 atom stereocenters. The summed E-state index contributed by atoms with van der Waals surface area (Å²) in [6.07, 6.45) is 41.9. The molecule has 0 aromatic carbocycles. The van der Waals surface area contributed by atoms with Crippen molar-refractivity contribution in [2.45, 2.75) is 289 Å². The van der Waals surface area contributed by atoms with E-state index in [4.69, 9.17) is 28.0 Å². The molecule has 17 heteroatoms. The highest BCUT2D eigenvalue weighted by atomic mass is 31.2. The Kier molecular flexibility index (Phi) is 48.1. The molecule has 1 unspecified atom stereocenters. The van der Waals surface area contributed by atoms with Gasteiger partial charge in [0.25, 0.3) is 0 Å². The standard InChI is InChI=1S/C59H111N2O14P/c1-4-6-8-10-12-14-16-18-20-22-24-26-30-34-38-42-54(64)71-49-52(74-55(65)43-39-35-31-27-25-23-21-19-17-15-13-11-9-7-5-2)50-73-76(68,69)72-47-45-60-44-40-36-32-28-29-33-37-41-46-70-59-56(61-51(3)63)58(67)57(66)53(48-62)75-59/h18-21,52-53,56-60,62,66-67H,4-17,22-50H2,1-3H3,(H,61,63)(H,68,69)/b20-18-,21-19-/t52-,53-,56-,57-,58-,59-/m1/s1. The summed E-state index contributed by atoms with van der Waals surface area (Å²) in [6, 6.07) is -0.940. The molecule has 0 aromatic heterocycles. The summed E-state index contributed by atoms with van der Waals surface area (Å²) in [6.45, 7) is 5.93. The molecular weight excluding hydrogens is 992 g/mol. The van der Waals surface area contributed by atoms with Gasteiger partial charge in [0.2, 0.25) is 5.91 Å². The summed E-state index contributed by atoms with van der Waals surface area (Å²) >= 11 is 0. The zero-order valence-corrected chi connectivity index (χ0v) is 48.9. The maximum atomic E-state index is 12.9. The van der Waals surface area contributed by atoms with Gasteiger partial charge in [-0.05, 0) is 83.6 Å². The van der Waals surface area contributed by atoms with Crippen LogP contribution in [0.1, 0.15) is 252 Å². The van der Waals surface area contributed by atoms with Crippen LogP contribution < -0.4 is 10.6 Å². The van der Waals surface area contributed by atoms with Crippen molar-refractivity contribution in [3.05, 3.63) is 24.3 Å². The third-order valence-corrected chi connectivity index (χ3v) is 14.7. The van der Waals surface area contributed by atoms with Crippen LogP contribution in [-0.2, 0) is 46.9 Å². The molecule has 0 radical (unpaired) electrons. The molecule has 0 aliphatic carbocycles. The zero-order valence-electron chi connectivity index (χ0n) is 48.0. The Hall–Kier alpha value is -2.24. The molecule has 0 saturated carbocycles. The number of rotatable bonds is 54. The first-order chi connectivity index (χ1) is 36.9. The maximum absolute atomic E-state index is 12.9. The normalized spacial score (nSPS) is 19.1. The fraction of sp³-hybridized carbons (Fsp3) is 0.881. The van der Waals surface area contributed by atoms with Gasteiger partial charge in [-0.1, -0.05) is 179 Å². The van der Waals surface area contributed by atoms with E-state index < -0.39 is 75.6 Å². The second-order valence-electron chi connectivity index (χ2n) is 20.9. The molecule has 76 heavy (non-hydrogen) atoms. The molecule has 0 aromatic rings. The molecule has 0 spiro atoms. The van der Waals surface area contributed by atoms with Crippen molar-refractivity contribution < 1.29 is 67.2 Å². The summed E-state index contributed by atoms with van der Waals surface area (Å²) < 4.78 is 45.7. The summed E-state index contributed by atoms with van der Waals surface area (Å²) in [5, 5.41) is 35.8. The average Bonchev–Trinajstić information content (AvgIpc) is 3.40. The van der Waals surface area contributed by atoms with Crippen LogP contribution in [0.25, 0.3) is 0 Å². The van der Waals surface area contributed by atoms with Crippen molar-refractivity contribution >= 4 is 25.7 Å². The van der Waals surface area contributed by atoms with Gasteiger partial charge in [-0.2, -0.15) is 0 Å². The smallest absolute Gasteiger partial charge is 0.462 e. The zero-order chi connectivity index (χ0) is 55.6. The lowest BCUT2D eigenvalue weighted by Crippen LogP contribution is -2.64. The largest absolute Gasteiger partial charge is 0.472 e. The second kappa shape index (κ2) is 50.9. The number of esters is 2. The van der Waals surface area contributed by atoms with Gasteiger partial charge in [-0.25, -0.2) is 4.57 Å². The fourth-order valence-corrected chi connectivity index (χ4v) is 9.85. The van der Waals surface area contributed by atoms with Crippen LogP contribution in [0, 0.1) is 0 Å². The van der Waals surface area contributed by atoms with Crippen molar-refractivity contribution in [2.75, 3.05) is 46.1 Å². The molecule has 16 nitrogen and oxygen atoms in total. The van der Waals surface area contributed by atoms with Gasteiger partial charge in [0.05, 0.1) is 19.8 Å². The highest BCUT2D eigenvalue weighted by Gasteiger charge is 2.45. The first-order valence-electron chi connectivity index (χ1n) is 30.4. The SMILES string of the molecule is CCCCCCCC/C=C\CCCCCCCC(=O)OC[C@H](COP(=O)(O)OCCNCCCCCCCCCCO[C@@H]1O[C@H](CO)[C@@H](O)[C@H](O)[C@H]1NC(C)=O)OC(=O)CCCCCCC/C=C\CCCCCCCC. The quantitative estimate of drug-likeness (QED) is 0.0144. The minimum atomic E-state index is -4.48. The number of carbonyl (C=O) groups is 3. The number of hydrogen-bond donors (Lipinski definition) is 6. The Bertz CT molecular complexity index is 1490. The molecule has 1 aliphatic heterocycles. The summed E-state index contributed by atoms with van der Waals surface area (Å²) in [4.78, 5) is 47.6. The van der Waals surface area contributed by atoms with Gasteiger partial charge in [0.1, 0.15) is 31.0 Å². The summed E-state index contributed by atoms with van der Waals surface area (Å²) in [7, 11) is -4.48. The predicted octanol–water partition coefficient (Wildman–Crippen LogP) is 12.3. The molecule has 1 rings (SSSR count). The van der Waals surface area contributed by atoms with Gasteiger partial charge >= 0.3 is 19.8 Å². The number of amides is 1. The van der Waals surface area contributed by atoms with Crippen molar-refractivity contribution in [2.24, 2.45) is 0 Å². The minimum Gasteiger partial charge on any atom is -0.462 e. The number of aliphatic hydroxyl groups excluding tert-OH is 3. The molecule has 1 saturated heterocycles. The third-order valence-electron chi connectivity index (χ3n) is 13.8. The molecule has 0 bridgehead atoms. The topological polar surface area (TPSA) is 229 Å². The molecule has 1 heterocycles. The number of hydrogen-bond acceptors (Lipinski definition) is 14. The van der Waals surface area contributed by atoms with E-state index in [9.17, 15) is 39.2 Å². The Morgan fingerprint density at radius 1 is 0.566 bits per heavy atom. The number of nitrogens with one attached hydrogen (secondary N) is 2. The highest BCUT2D eigenvalue weighted by molar-refractivity contribution is 7.47. The van der Waals surface area contributed by atoms with Crippen molar-refractivity contribution in [3.8, 4) is 0 Å². The molecule has 6 N–H and O–H groups in total. The molecule has 1 fully saturated rings. The number of phosphoric ester groups is 1. The minimum absolute atomic E-state index is 0.0618. The van der Waals surface area contributed by atoms with E-state index in [1.165, 1.54) is 90.4 Å². The highest BCUT2D eigenvalue weighted by Crippen LogP contribution is 2.43. The van der Waals surface area contributed by atoms with Crippen LogP contribution in [0.15, 0.2) is 24.3 Å². The Labute approximate surface area is 461 Å². The van der Waals surface area contributed by atoms with E-state index in [-0.39, 0.29) is 26.1 Å². The Morgan fingerprint density at radius 3 is 1.53 bits per heavy atom. The monoisotopic (exact) mass is 1100 g/mol. The summed E-state index contributed by atoms with van der Waals surface area (Å²) in [5.41, 5.74) is 0. The van der Waals surface area contributed by atoms with Crippen LogP contribution in [0.5, 0.6) is 0 Å². The number of ether oxygens (including phenoxy) is 4. The lowest BCUT2D eigenvalue weighted by molar-refractivity contribution is -0.270. The number of allylic oxidation sites excluding steroid dienone is 4. The molecule has 1 amide bonds. The van der Waals surface area contributed by atoms with Crippen molar-refractivity contribution in [1.29, 1.82) is 0 Å². The number of phosphoric acid groups is 1. The number of carbonyl (C=O) groups excluding carboxylic acids is 3. The maximum Gasteiger partial charge on any atom is 0.472 e. The van der Waals surface area contributed by atoms with E-state index in [0.717, 1.165) is 129 Å². The van der Waals surface area contributed by atoms with Crippen LogP contribution >= 0.6 is 7.82 Å². The van der Waals surface area contributed by atoms with Crippen LogP contribution in [-0.4, -0.2) is 121 Å². The lowest BCUT2D eigenvalue weighted by Gasteiger charge is -2.42. The van der Waals surface area contributed by atoms with E-state index in [0.29, 0.717) is 26.0 Å². The van der Waals surface area contributed by atoms with E-state index in [1.54, 1.807) is 0 Å².